The van der Waals surface area contributed by atoms with Gasteiger partial charge in [0.1, 0.15) is 0 Å². The number of aliphatic hydroxyl groups is 1. The van der Waals surface area contributed by atoms with Crippen LogP contribution in [0.5, 0.6) is 0 Å². The first kappa shape index (κ1) is 27.6. The van der Waals surface area contributed by atoms with E-state index in [4.69, 9.17) is 0 Å². The zero-order valence-corrected chi connectivity index (χ0v) is 24.1. The summed E-state index contributed by atoms with van der Waals surface area (Å²) < 4.78 is 0. The molecule has 8 unspecified atom stereocenters. The zero-order valence-electron chi connectivity index (χ0n) is 23.3. The minimum atomic E-state index is -0.150. The Balaban J connectivity index is 1.35. The van der Waals surface area contributed by atoms with Gasteiger partial charge < -0.3 is 10.4 Å². The maximum Gasteiger partial charge on any atom is 0.230 e. The second kappa shape index (κ2) is 11.5. The summed E-state index contributed by atoms with van der Waals surface area (Å²) in [5.41, 5.74) is 2.70. The average molecular weight is 504 g/mol. The molecule has 0 bridgehead atoms. The Morgan fingerprint density at radius 2 is 1.91 bits per heavy atom. The van der Waals surface area contributed by atoms with Crippen LogP contribution in [0, 0.1) is 40.4 Å². The first-order chi connectivity index (χ1) is 16.7. The molecule has 0 spiro atoms. The van der Waals surface area contributed by atoms with Crippen LogP contribution in [0.15, 0.2) is 11.6 Å². The van der Waals surface area contributed by atoms with Crippen molar-refractivity contribution in [2.45, 2.75) is 123 Å². The van der Waals surface area contributed by atoms with Gasteiger partial charge in [0, 0.05) is 11.3 Å². The molecule has 200 valence electrons. The number of carbonyl (C=O) groups is 1. The van der Waals surface area contributed by atoms with Crippen molar-refractivity contribution in [2.24, 2.45) is 40.4 Å². The Hall–Kier alpha value is -0.480. The minimum absolute atomic E-state index is 0.00650. The van der Waals surface area contributed by atoms with E-state index in [2.05, 4.69) is 39.1 Å². The Morgan fingerprint density at radius 1 is 1.11 bits per heavy atom. The van der Waals surface area contributed by atoms with Gasteiger partial charge in [-0.3, -0.25) is 4.79 Å². The summed E-state index contributed by atoms with van der Waals surface area (Å²) in [6, 6.07) is -0.150. The minimum Gasteiger partial charge on any atom is -0.394 e. The van der Waals surface area contributed by atoms with Crippen LogP contribution in [-0.2, 0) is 4.79 Å². The number of thioether (sulfide) groups is 1. The van der Waals surface area contributed by atoms with Crippen molar-refractivity contribution in [3.63, 3.8) is 0 Å². The molecule has 0 aromatic heterocycles. The smallest absolute Gasteiger partial charge is 0.230 e. The van der Waals surface area contributed by atoms with Gasteiger partial charge in [0.25, 0.3) is 0 Å². The van der Waals surface area contributed by atoms with Crippen LogP contribution in [0.4, 0.5) is 0 Å². The Labute approximate surface area is 220 Å². The molecule has 3 nitrogen and oxygen atoms in total. The molecule has 2 N–H and O–H groups in total. The third-order valence-electron chi connectivity index (χ3n) is 11.0. The molecule has 0 radical (unpaired) electrons. The molecule has 3 saturated carbocycles. The van der Waals surface area contributed by atoms with E-state index in [1.807, 2.05) is 18.7 Å². The maximum atomic E-state index is 12.2. The highest BCUT2D eigenvalue weighted by Gasteiger charge is 2.58. The number of hydrogen-bond acceptors (Lipinski definition) is 3. The van der Waals surface area contributed by atoms with Crippen LogP contribution in [0.1, 0.15) is 112 Å². The van der Waals surface area contributed by atoms with Crippen molar-refractivity contribution in [1.82, 2.24) is 5.32 Å². The van der Waals surface area contributed by atoms with E-state index >= 15 is 0 Å². The lowest BCUT2D eigenvalue weighted by atomic mass is 9.47. The van der Waals surface area contributed by atoms with Crippen molar-refractivity contribution in [1.29, 1.82) is 0 Å². The maximum absolute atomic E-state index is 12.2. The summed E-state index contributed by atoms with van der Waals surface area (Å²) in [6.07, 6.45) is 19.3. The van der Waals surface area contributed by atoms with E-state index in [1.165, 1.54) is 77.0 Å². The summed E-state index contributed by atoms with van der Waals surface area (Å²) in [5.74, 6) is 5.11. The van der Waals surface area contributed by atoms with Gasteiger partial charge >= 0.3 is 0 Å². The highest BCUT2D eigenvalue weighted by molar-refractivity contribution is 8.00. The first-order valence-corrected chi connectivity index (χ1v) is 15.9. The summed E-state index contributed by atoms with van der Waals surface area (Å²) in [7, 11) is 0. The molecule has 0 saturated heterocycles. The summed E-state index contributed by atoms with van der Waals surface area (Å²) in [4.78, 5) is 12.2. The number of allylic oxidation sites excluding steroid dienone is 2. The Morgan fingerprint density at radius 3 is 2.66 bits per heavy atom. The van der Waals surface area contributed by atoms with Gasteiger partial charge in [-0.15, -0.1) is 11.8 Å². The molecule has 4 aliphatic carbocycles. The van der Waals surface area contributed by atoms with E-state index in [0.29, 0.717) is 21.8 Å². The topological polar surface area (TPSA) is 49.3 Å². The lowest BCUT2D eigenvalue weighted by molar-refractivity contribution is -0.119. The van der Waals surface area contributed by atoms with Crippen molar-refractivity contribution >= 4 is 17.7 Å². The summed E-state index contributed by atoms with van der Waals surface area (Å²) in [5, 5.41) is 12.6. The fourth-order valence-electron chi connectivity index (χ4n) is 8.85. The van der Waals surface area contributed by atoms with Crippen LogP contribution in [0.2, 0.25) is 0 Å². The van der Waals surface area contributed by atoms with Crippen LogP contribution in [0.25, 0.3) is 0 Å². The van der Waals surface area contributed by atoms with E-state index in [0.717, 1.165) is 29.6 Å². The lowest BCUT2D eigenvalue weighted by Crippen LogP contribution is -2.50. The molecule has 4 heteroatoms. The predicted octanol–water partition coefficient (Wildman–Crippen LogP) is 7.38. The lowest BCUT2D eigenvalue weighted by Gasteiger charge is -2.58. The van der Waals surface area contributed by atoms with Gasteiger partial charge in [-0.1, -0.05) is 58.6 Å². The Bertz CT molecular complexity index is 765. The van der Waals surface area contributed by atoms with Gasteiger partial charge in [-0.05, 0) is 105 Å². The van der Waals surface area contributed by atoms with Crippen molar-refractivity contribution in [2.75, 3.05) is 12.4 Å². The second-order valence-corrected chi connectivity index (χ2v) is 14.9. The first-order valence-electron chi connectivity index (χ1n) is 14.9. The predicted molar refractivity (Wildman–Crippen MR) is 149 cm³/mol. The summed E-state index contributed by atoms with van der Waals surface area (Å²) in [6.45, 7) is 11.9. The van der Waals surface area contributed by atoms with Gasteiger partial charge in [-0.25, -0.2) is 0 Å². The summed E-state index contributed by atoms with van der Waals surface area (Å²) >= 11 is 1.83. The number of nitrogens with one attached hydrogen (secondary N) is 1. The number of amides is 1. The van der Waals surface area contributed by atoms with Gasteiger partial charge in [0.2, 0.25) is 5.91 Å². The number of unbranched alkanes of at least 4 members (excludes halogenated alkanes) is 1. The number of carbonyl (C=O) groups excluding carboxylic acids is 1. The quantitative estimate of drug-likeness (QED) is 0.241. The largest absolute Gasteiger partial charge is 0.394 e. The Kier molecular flexibility index (Phi) is 9.05. The van der Waals surface area contributed by atoms with E-state index in [9.17, 15) is 9.90 Å². The standard InChI is InChI=1S/C31H53NO2S/c1-21(2)8-6-7-9-23-11-13-27-26-12-10-24-18-25(35-20-29(34)32-22(3)19-33)14-16-31(24,5)28(26)15-17-30(23,27)4/h10,21-23,25-28,33H,6-9,11-20H2,1-5H3,(H,32,34). The average Bonchev–Trinajstić information content (AvgIpc) is 3.16. The molecular formula is C31H53NO2S. The highest BCUT2D eigenvalue weighted by Crippen LogP contribution is 2.67. The number of rotatable bonds is 10. The normalized spacial score (nSPS) is 39.4. The molecule has 0 aromatic carbocycles. The fraction of sp³-hybridized carbons (Fsp3) is 0.903. The SMILES string of the molecule is CC(C)CCCCC1CCC2C3CC=C4CC(SCC(=O)NC(C)CO)CCC4(C)C3CCC12C. The highest BCUT2D eigenvalue weighted by atomic mass is 32.2. The monoisotopic (exact) mass is 503 g/mol. The van der Waals surface area contributed by atoms with Crippen molar-refractivity contribution in [3.05, 3.63) is 11.6 Å². The molecule has 4 rings (SSSR count). The van der Waals surface area contributed by atoms with Gasteiger partial charge in [0.15, 0.2) is 0 Å². The third-order valence-corrected chi connectivity index (χ3v) is 12.3. The molecule has 8 atom stereocenters. The molecule has 0 aliphatic heterocycles. The van der Waals surface area contributed by atoms with Crippen LogP contribution in [0.3, 0.4) is 0 Å². The van der Waals surface area contributed by atoms with Gasteiger partial charge in [0.05, 0.1) is 12.4 Å². The number of fused-ring (bicyclic) bond motifs is 5. The van der Waals surface area contributed by atoms with E-state index in [1.54, 1.807) is 5.57 Å². The molecule has 35 heavy (non-hydrogen) atoms. The zero-order chi connectivity index (χ0) is 25.2. The molecule has 0 heterocycles. The molecular weight excluding hydrogens is 450 g/mol. The van der Waals surface area contributed by atoms with Crippen LogP contribution >= 0.6 is 11.8 Å². The van der Waals surface area contributed by atoms with Crippen molar-refractivity contribution in [3.8, 4) is 0 Å². The van der Waals surface area contributed by atoms with E-state index in [-0.39, 0.29) is 18.6 Å². The van der Waals surface area contributed by atoms with Crippen molar-refractivity contribution < 1.29 is 9.90 Å². The van der Waals surface area contributed by atoms with Crippen LogP contribution < -0.4 is 5.32 Å². The second-order valence-electron chi connectivity index (χ2n) is 13.6. The van der Waals surface area contributed by atoms with Crippen LogP contribution in [-0.4, -0.2) is 34.7 Å². The van der Waals surface area contributed by atoms with Gasteiger partial charge in [-0.2, -0.15) is 0 Å². The molecule has 4 aliphatic rings. The van der Waals surface area contributed by atoms with E-state index < -0.39 is 0 Å². The third kappa shape index (κ3) is 5.84. The molecule has 3 fully saturated rings. The number of aliphatic hydroxyl groups excluding tert-OH is 1. The number of hydrogen-bond donors (Lipinski definition) is 2. The fourth-order valence-corrected chi connectivity index (χ4v) is 9.90. The molecule has 0 aromatic rings. The molecule has 1 amide bonds.